The predicted octanol–water partition coefficient (Wildman–Crippen LogP) is 3.08. The fraction of sp³-hybridized carbons (Fsp3) is 0.400. The topological polar surface area (TPSA) is 48.4 Å². The van der Waals surface area contributed by atoms with E-state index < -0.39 is 0 Å². The van der Waals surface area contributed by atoms with Crippen LogP contribution in [0.15, 0.2) is 73.2 Å². The molecular formula is C25H32N6. The zero-order chi connectivity index (χ0) is 21.5. The van der Waals surface area contributed by atoms with Gasteiger partial charge in [0.25, 0.3) is 0 Å². The van der Waals surface area contributed by atoms with Crippen LogP contribution < -0.4 is 0 Å². The Labute approximate surface area is 185 Å². The summed E-state index contributed by atoms with van der Waals surface area (Å²) < 4.78 is 0. The Kier molecular flexibility index (Phi) is 7.02. The van der Waals surface area contributed by atoms with E-state index in [1.807, 2.05) is 36.8 Å². The van der Waals surface area contributed by atoms with Crippen molar-refractivity contribution >= 4 is 0 Å². The molecule has 1 aliphatic rings. The highest BCUT2D eigenvalue weighted by atomic mass is 15.3. The Balaban J connectivity index is 1.53. The third-order valence-electron chi connectivity index (χ3n) is 6.13. The number of hydrogen-bond acceptors (Lipinski definition) is 6. The van der Waals surface area contributed by atoms with Crippen LogP contribution in [0, 0.1) is 0 Å². The number of nitrogens with zero attached hydrogens (tertiary/aromatic N) is 6. The molecule has 3 aromatic rings. The van der Waals surface area contributed by atoms with Crippen molar-refractivity contribution < 1.29 is 0 Å². The first kappa shape index (κ1) is 21.6. The molecule has 1 aliphatic heterocycles. The first-order valence-electron chi connectivity index (χ1n) is 11.0. The third-order valence-corrected chi connectivity index (χ3v) is 6.13. The van der Waals surface area contributed by atoms with Gasteiger partial charge in [-0.3, -0.25) is 29.7 Å². The van der Waals surface area contributed by atoms with Crippen molar-refractivity contribution in [2.75, 3.05) is 33.2 Å². The van der Waals surface area contributed by atoms with Gasteiger partial charge in [0, 0.05) is 69.9 Å². The molecule has 1 saturated heterocycles. The van der Waals surface area contributed by atoms with Crippen molar-refractivity contribution in [3.05, 3.63) is 90.3 Å². The highest BCUT2D eigenvalue weighted by Gasteiger charge is 2.36. The molecule has 0 aromatic carbocycles. The van der Waals surface area contributed by atoms with Gasteiger partial charge in [0.1, 0.15) is 0 Å². The Morgan fingerprint density at radius 1 is 0.742 bits per heavy atom. The third kappa shape index (κ3) is 5.94. The summed E-state index contributed by atoms with van der Waals surface area (Å²) in [6.45, 7) is 8.91. The second-order valence-electron chi connectivity index (χ2n) is 8.74. The monoisotopic (exact) mass is 416 g/mol. The zero-order valence-electron chi connectivity index (χ0n) is 18.6. The van der Waals surface area contributed by atoms with E-state index >= 15 is 0 Å². The minimum Gasteiger partial charge on any atom is -0.294 e. The van der Waals surface area contributed by atoms with E-state index in [0.29, 0.717) is 0 Å². The standard InChI is InChI=1S/C25H32N6/c1-25(29(2)17-22-9-3-6-12-26-22)20-30(18-23-10-4-7-13-27-23)15-16-31(21-25)19-24-11-5-8-14-28-24/h3-14H,15-21H2,1-2H3. The first-order chi connectivity index (χ1) is 15.1. The molecule has 4 rings (SSSR count). The molecule has 1 fully saturated rings. The van der Waals surface area contributed by atoms with Crippen molar-refractivity contribution in [2.45, 2.75) is 32.1 Å². The zero-order valence-corrected chi connectivity index (χ0v) is 18.6. The molecule has 0 unspecified atom stereocenters. The molecular weight excluding hydrogens is 384 g/mol. The summed E-state index contributed by atoms with van der Waals surface area (Å²) in [6.07, 6.45) is 5.64. The molecule has 4 heterocycles. The Morgan fingerprint density at radius 2 is 1.19 bits per heavy atom. The van der Waals surface area contributed by atoms with Gasteiger partial charge >= 0.3 is 0 Å². The summed E-state index contributed by atoms with van der Waals surface area (Å²) >= 11 is 0. The van der Waals surface area contributed by atoms with Crippen molar-refractivity contribution in [3.8, 4) is 0 Å². The second-order valence-corrected chi connectivity index (χ2v) is 8.74. The fourth-order valence-corrected chi connectivity index (χ4v) is 4.33. The highest BCUT2D eigenvalue weighted by Crippen LogP contribution is 2.24. The van der Waals surface area contributed by atoms with Crippen LogP contribution >= 0.6 is 0 Å². The molecule has 3 aromatic heterocycles. The van der Waals surface area contributed by atoms with Crippen LogP contribution in [0.4, 0.5) is 0 Å². The molecule has 31 heavy (non-hydrogen) atoms. The van der Waals surface area contributed by atoms with Crippen LogP contribution in [-0.4, -0.2) is 68.4 Å². The van der Waals surface area contributed by atoms with Crippen molar-refractivity contribution in [3.63, 3.8) is 0 Å². The molecule has 0 radical (unpaired) electrons. The Hall–Kier alpha value is -2.67. The van der Waals surface area contributed by atoms with Crippen LogP contribution in [0.1, 0.15) is 24.0 Å². The number of rotatable bonds is 7. The molecule has 6 heteroatoms. The van der Waals surface area contributed by atoms with Crippen molar-refractivity contribution in [1.82, 2.24) is 29.7 Å². The molecule has 162 valence electrons. The summed E-state index contributed by atoms with van der Waals surface area (Å²) in [5, 5.41) is 0. The molecule has 0 N–H and O–H groups in total. The van der Waals surface area contributed by atoms with Gasteiger partial charge in [-0.2, -0.15) is 0 Å². The SMILES string of the molecule is CN(Cc1ccccn1)C1(C)CN(Cc2ccccn2)CCN(Cc2ccccn2)C1. The lowest BCUT2D eigenvalue weighted by Gasteiger charge is -2.42. The summed E-state index contributed by atoms with van der Waals surface area (Å²) in [6, 6.07) is 18.5. The molecule has 0 spiro atoms. The van der Waals surface area contributed by atoms with Crippen molar-refractivity contribution in [1.29, 1.82) is 0 Å². The first-order valence-corrected chi connectivity index (χ1v) is 11.0. The Bertz CT molecular complexity index is 867. The van der Waals surface area contributed by atoms with Gasteiger partial charge in [0.05, 0.1) is 17.1 Å². The van der Waals surface area contributed by atoms with Crippen LogP contribution in [-0.2, 0) is 19.6 Å². The van der Waals surface area contributed by atoms with Gasteiger partial charge in [-0.05, 0) is 50.4 Å². The van der Waals surface area contributed by atoms with E-state index in [1.165, 1.54) is 0 Å². The van der Waals surface area contributed by atoms with Crippen LogP contribution in [0.5, 0.6) is 0 Å². The maximum Gasteiger partial charge on any atom is 0.0544 e. The van der Waals surface area contributed by atoms with E-state index in [-0.39, 0.29) is 5.54 Å². The van der Waals surface area contributed by atoms with E-state index in [9.17, 15) is 0 Å². The normalized spacial score (nSPS) is 17.5. The minimum atomic E-state index is -0.0302. The smallest absolute Gasteiger partial charge is 0.0544 e. The average Bonchev–Trinajstić information content (AvgIpc) is 2.95. The molecule has 0 amide bonds. The van der Waals surface area contributed by atoms with Crippen molar-refractivity contribution in [2.24, 2.45) is 0 Å². The van der Waals surface area contributed by atoms with Crippen LogP contribution in [0.2, 0.25) is 0 Å². The van der Waals surface area contributed by atoms with E-state index in [1.54, 1.807) is 0 Å². The predicted molar refractivity (Wildman–Crippen MR) is 123 cm³/mol. The lowest BCUT2D eigenvalue weighted by Crippen LogP contribution is -2.55. The van der Waals surface area contributed by atoms with Gasteiger partial charge in [-0.15, -0.1) is 0 Å². The number of hydrogen-bond donors (Lipinski definition) is 0. The van der Waals surface area contributed by atoms with E-state index in [4.69, 9.17) is 0 Å². The molecule has 0 bridgehead atoms. The molecule has 0 aliphatic carbocycles. The lowest BCUT2D eigenvalue weighted by molar-refractivity contribution is 0.0660. The highest BCUT2D eigenvalue weighted by molar-refractivity contribution is 5.08. The summed E-state index contributed by atoms with van der Waals surface area (Å²) in [4.78, 5) is 21.2. The lowest BCUT2D eigenvalue weighted by atomic mass is 9.98. The number of likely N-dealkylation sites (N-methyl/N-ethyl adjacent to an activating group) is 1. The van der Waals surface area contributed by atoms with E-state index in [2.05, 4.69) is 80.0 Å². The van der Waals surface area contributed by atoms with Gasteiger partial charge < -0.3 is 0 Å². The quantitative estimate of drug-likeness (QED) is 0.590. The van der Waals surface area contributed by atoms with Crippen LogP contribution in [0.25, 0.3) is 0 Å². The summed E-state index contributed by atoms with van der Waals surface area (Å²) in [5.41, 5.74) is 3.31. The fourth-order valence-electron chi connectivity index (χ4n) is 4.33. The average molecular weight is 417 g/mol. The van der Waals surface area contributed by atoms with Crippen LogP contribution in [0.3, 0.4) is 0 Å². The number of pyridine rings is 3. The van der Waals surface area contributed by atoms with Gasteiger partial charge in [0.2, 0.25) is 0 Å². The largest absolute Gasteiger partial charge is 0.294 e. The van der Waals surface area contributed by atoms with Gasteiger partial charge in [-0.1, -0.05) is 18.2 Å². The molecule has 6 nitrogen and oxygen atoms in total. The summed E-state index contributed by atoms with van der Waals surface area (Å²) in [7, 11) is 2.22. The second kappa shape index (κ2) is 10.1. The van der Waals surface area contributed by atoms with Gasteiger partial charge in [-0.25, -0.2) is 0 Å². The summed E-state index contributed by atoms with van der Waals surface area (Å²) in [5.74, 6) is 0. The minimum absolute atomic E-state index is 0.0302. The molecule has 0 saturated carbocycles. The maximum atomic E-state index is 4.56. The Morgan fingerprint density at radius 3 is 1.61 bits per heavy atom. The maximum absolute atomic E-state index is 4.56. The molecule has 0 atom stereocenters. The van der Waals surface area contributed by atoms with Gasteiger partial charge in [0.15, 0.2) is 0 Å². The number of aromatic nitrogens is 3. The van der Waals surface area contributed by atoms with E-state index in [0.717, 1.165) is 62.9 Å².